The second-order valence-electron chi connectivity index (χ2n) is 9.22. The average Bonchev–Trinajstić information content (AvgIpc) is 2.84. The van der Waals surface area contributed by atoms with Crippen LogP contribution in [0.1, 0.15) is 58.6 Å². The minimum Gasteiger partial charge on any atom is -0.349 e. The molecule has 1 saturated carbocycles. The van der Waals surface area contributed by atoms with Crippen LogP contribution >= 0.6 is 0 Å². The van der Waals surface area contributed by atoms with Crippen LogP contribution in [0.15, 0.2) is 48.5 Å². The van der Waals surface area contributed by atoms with Crippen molar-refractivity contribution in [1.82, 2.24) is 15.5 Å². The predicted octanol–water partition coefficient (Wildman–Crippen LogP) is 3.83. The Morgan fingerprint density at radius 3 is 2.34 bits per heavy atom. The minimum absolute atomic E-state index is 0.00390. The van der Waals surface area contributed by atoms with Crippen molar-refractivity contribution < 1.29 is 22.8 Å². The summed E-state index contributed by atoms with van der Waals surface area (Å²) in [5.74, 6) is -0.573. The first-order valence-electron chi connectivity index (χ1n) is 11.7. The third kappa shape index (κ3) is 6.20. The summed E-state index contributed by atoms with van der Waals surface area (Å²) in [5.41, 5.74) is 0.906. The van der Waals surface area contributed by atoms with Crippen LogP contribution in [-0.4, -0.2) is 48.4 Å². The van der Waals surface area contributed by atoms with E-state index in [0.29, 0.717) is 17.5 Å². The molecule has 35 heavy (non-hydrogen) atoms. The highest BCUT2D eigenvalue weighted by Crippen LogP contribution is 2.36. The topological polar surface area (TPSA) is 85.2 Å². The molecule has 1 aliphatic carbocycles. The lowest BCUT2D eigenvalue weighted by atomic mass is 9.80. The summed E-state index contributed by atoms with van der Waals surface area (Å²) in [4.78, 5) is 26.7. The van der Waals surface area contributed by atoms with Gasteiger partial charge in [-0.25, -0.2) is 0 Å². The van der Waals surface area contributed by atoms with Crippen LogP contribution in [0, 0.1) is 11.3 Å². The first-order chi connectivity index (χ1) is 16.7. The van der Waals surface area contributed by atoms with Crippen molar-refractivity contribution >= 4 is 11.8 Å². The van der Waals surface area contributed by atoms with Gasteiger partial charge in [-0.05, 0) is 67.5 Å². The second-order valence-corrected chi connectivity index (χ2v) is 9.22. The number of nitriles is 1. The molecule has 0 spiro atoms. The number of hydrogen-bond acceptors (Lipinski definition) is 4. The largest absolute Gasteiger partial charge is 0.416 e. The predicted molar refractivity (Wildman–Crippen MR) is 123 cm³/mol. The van der Waals surface area contributed by atoms with Crippen LogP contribution in [0.4, 0.5) is 13.2 Å². The van der Waals surface area contributed by atoms with E-state index in [0.717, 1.165) is 50.9 Å². The van der Waals surface area contributed by atoms with E-state index >= 15 is 0 Å². The van der Waals surface area contributed by atoms with Gasteiger partial charge in [-0.1, -0.05) is 18.2 Å². The van der Waals surface area contributed by atoms with Gasteiger partial charge >= 0.3 is 6.18 Å². The van der Waals surface area contributed by atoms with Crippen molar-refractivity contribution in [3.05, 3.63) is 70.8 Å². The molecule has 0 radical (unpaired) electrons. The number of rotatable bonds is 6. The average molecular weight is 485 g/mol. The van der Waals surface area contributed by atoms with E-state index in [4.69, 9.17) is 5.26 Å². The number of hydrogen-bond donors (Lipinski definition) is 2. The first kappa shape index (κ1) is 24.7. The van der Waals surface area contributed by atoms with Crippen molar-refractivity contribution in [2.24, 2.45) is 0 Å². The summed E-state index contributed by atoms with van der Waals surface area (Å²) in [7, 11) is 0. The molecule has 2 aromatic rings. The molecule has 1 saturated heterocycles. The van der Waals surface area contributed by atoms with Crippen molar-refractivity contribution in [2.45, 2.75) is 49.9 Å². The summed E-state index contributed by atoms with van der Waals surface area (Å²) in [6.07, 6.45) is -0.194. The number of carbonyl (C=O) groups excluding carboxylic acids is 2. The molecule has 184 valence electrons. The van der Waals surface area contributed by atoms with Gasteiger partial charge in [0, 0.05) is 24.7 Å². The lowest BCUT2D eigenvalue weighted by Crippen LogP contribution is -2.63. The highest BCUT2D eigenvalue weighted by atomic mass is 19.4. The Morgan fingerprint density at radius 2 is 1.71 bits per heavy atom. The number of nitrogens with zero attached hydrogens (tertiary/aromatic N) is 2. The van der Waals surface area contributed by atoms with Gasteiger partial charge in [0.05, 0.1) is 29.8 Å². The third-order valence-electron chi connectivity index (χ3n) is 6.86. The van der Waals surface area contributed by atoms with Crippen LogP contribution in [0.25, 0.3) is 0 Å². The summed E-state index contributed by atoms with van der Waals surface area (Å²) in [6, 6.07) is 14.6. The molecular weight excluding hydrogens is 457 g/mol. The van der Waals surface area contributed by atoms with E-state index in [1.165, 1.54) is 17.7 Å². The number of halogens is 3. The molecule has 2 aliphatic rings. The number of nitrogens with one attached hydrogen (secondary N) is 2. The third-order valence-corrected chi connectivity index (χ3v) is 6.86. The van der Waals surface area contributed by atoms with Crippen molar-refractivity contribution in [2.75, 3.05) is 19.6 Å². The fourth-order valence-corrected chi connectivity index (χ4v) is 4.88. The fourth-order valence-electron chi connectivity index (χ4n) is 4.88. The summed E-state index contributed by atoms with van der Waals surface area (Å²) in [6.45, 7) is 1.21. The molecule has 0 bridgehead atoms. The number of likely N-dealkylation sites (tertiary alicyclic amines) is 1. The van der Waals surface area contributed by atoms with Crippen molar-refractivity contribution in [1.29, 1.82) is 5.26 Å². The Balaban J connectivity index is 1.16. The van der Waals surface area contributed by atoms with Gasteiger partial charge in [-0.2, -0.15) is 18.4 Å². The van der Waals surface area contributed by atoms with Crippen molar-refractivity contribution in [3.8, 4) is 6.07 Å². The second kappa shape index (κ2) is 10.5. The zero-order valence-electron chi connectivity index (χ0n) is 19.1. The monoisotopic (exact) mass is 484 g/mol. The summed E-state index contributed by atoms with van der Waals surface area (Å²) in [5, 5.41) is 14.2. The Hall–Kier alpha value is -3.38. The lowest BCUT2D eigenvalue weighted by Gasteiger charge is -2.46. The van der Waals surface area contributed by atoms with E-state index in [9.17, 15) is 22.8 Å². The molecule has 2 amide bonds. The molecule has 1 aliphatic heterocycles. The summed E-state index contributed by atoms with van der Waals surface area (Å²) < 4.78 is 38.4. The van der Waals surface area contributed by atoms with E-state index in [1.54, 1.807) is 0 Å². The van der Waals surface area contributed by atoms with Gasteiger partial charge in [0.2, 0.25) is 5.91 Å². The number of benzene rings is 2. The van der Waals surface area contributed by atoms with Crippen LogP contribution in [0.3, 0.4) is 0 Å². The van der Waals surface area contributed by atoms with Crippen LogP contribution in [0.2, 0.25) is 0 Å². The van der Waals surface area contributed by atoms with E-state index in [2.05, 4.69) is 21.6 Å². The van der Waals surface area contributed by atoms with E-state index in [1.807, 2.05) is 24.3 Å². The maximum absolute atomic E-state index is 12.8. The first-order valence-corrected chi connectivity index (χ1v) is 11.7. The molecule has 4 rings (SSSR count). The quantitative estimate of drug-likeness (QED) is 0.653. The SMILES string of the molecule is N#Cc1ccc([C@H]2CC[C@@H](N3CC(NC(=O)CNC(=O)c4cccc(C(F)(F)F)c4)C3)CC2)cc1. The van der Waals surface area contributed by atoms with Gasteiger partial charge in [0.15, 0.2) is 0 Å². The van der Waals surface area contributed by atoms with Gasteiger partial charge in [-0.3, -0.25) is 14.5 Å². The number of amides is 2. The lowest BCUT2D eigenvalue weighted by molar-refractivity contribution is -0.137. The fraction of sp³-hybridized carbons (Fsp3) is 0.423. The zero-order valence-corrected chi connectivity index (χ0v) is 19.1. The van der Waals surface area contributed by atoms with Crippen LogP contribution < -0.4 is 10.6 Å². The highest BCUT2D eigenvalue weighted by Gasteiger charge is 2.35. The van der Waals surface area contributed by atoms with Crippen molar-refractivity contribution in [3.63, 3.8) is 0 Å². The molecule has 2 N–H and O–H groups in total. The zero-order chi connectivity index (χ0) is 25.0. The van der Waals surface area contributed by atoms with Gasteiger partial charge in [0.25, 0.3) is 5.91 Å². The number of carbonyl (C=O) groups is 2. The number of alkyl halides is 3. The Bertz CT molecular complexity index is 1100. The molecule has 2 aromatic carbocycles. The Labute approximate surface area is 202 Å². The molecule has 0 aromatic heterocycles. The molecule has 2 fully saturated rings. The normalized spacial score (nSPS) is 21.0. The highest BCUT2D eigenvalue weighted by molar-refractivity contribution is 5.96. The Kier molecular flexibility index (Phi) is 7.41. The maximum atomic E-state index is 12.8. The van der Waals surface area contributed by atoms with Gasteiger partial charge in [0.1, 0.15) is 0 Å². The Morgan fingerprint density at radius 1 is 1.03 bits per heavy atom. The molecule has 6 nitrogen and oxygen atoms in total. The minimum atomic E-state index is -4.54. The van der Waals surface area contributed by atoms with Crippen LogP contribution in [-0.2, 0) is 11.0 Å². The molecule has 0 atom stereocenters. The summed E-state index contributed by atoms with van der Waals surface area (Å²) >= 11 is 0. The van der Waals surface area contributed by atoms with Crippen LogP contribution in [0.5, 0.6) is 0 Å². The standard InChI is InChI=1S/C26H27F3N4O2/c27-26(28,29)21-3-1-2-20(12-21)25(35)31-14-24(34)32-22-15-33(16-22)23-10-8-19(9-11-23)18-6-4-17(13-30)5-7-18/h1-7,12,19,22-23H,8-11,14-16H2,(H,31,35)(H,32,34)/t19-,23+. The molecule has 9 heteroatoms. The van der Waals surface area contributed by atoms with Gasteiger partial charge in [-0.15, -0.1) is 0 Å². The molecule has 1 heterocycles. The van der Waals surface area contributed by atoms with Gasteiger partial charge < -0.3 is 10.6 Å². The molecule has 0 unspecified atom stereocenters. The smallest absolute Gasteiger partial charge is 0.349 e. The molecular formula is C26H27F3N4O2. The maximum Gasteiger partial charge on any atom is 0.416 e. The van der Waals surface area contributed by atoms with E-state index in [-0.39, 0.29) is 24.1 Å². The van der Waals surface area contributed by atoms with E-state index < -0.39 is 17.6 Å².